The van der Waals surface area contributed by atoms with E-state index >= 15 is 0 Å². The van der Waals surface area contributed by atoms with Gasteiger partial charge in [-0.15, -0.1) is 0 Å². The molecule has 2 aliphatic heterocycles. The van der Waals surface area contributed by atoms with Crippen LogP contribution in [0.15, 0.2) is 48.5 Å². The highest BCUT2D eigenvalue weighted by molar-refractivity contribution is 6.42. The number of hydrogen-bond acceptors (Lipinski definition) is 4. The van der Waals surface area contributed by atoms with Gasteiger partial charge in [-0.1, -0.05) is 41.4 Å². The van der Waals surface area contributed by atoms with Crippen molar-refractivity contribution in [2.45, 2.75) is 37.7 Å². The predicted octanol–water partition coefficient (Wildman–Crippen LogP) is 5.49. The summed E-state index contributed by atoms with van der Waals surface area (Å²) in [6.45, 7) is 4.07. The molecule has 1 amide bonds. The molecule has 4 rings (SSSR count). The number of methoxy groups -OCH3 is 1. The minimum Gasteiger partial charge on any atom is -0.497 e. The Kier molecular flexibility index (Phi) is 9.12. The first-order valence-electron chi connectivity index (χ1n) is 12.4. The third kappa shape index (κ3) is 7.01. The van der Waals surface area contributed by atoms with Gasteiger partial charge in [0.25, 0.3) is 0 Å². The molecule has 7 heteroatoms. The summed E-state index contributed by atoms with van der Waals surface area (Å²) in [5, 5.41) is 11.9. The topological polar surface area (TPSA) is 53.0 Å². The Morgan fingerprint density at radius 1 is 1.03 bits per heavy atom. The van der Waals surface area contributed by atoms with E-state index in [1.807, 2.05) is 23.1 Å². The maximum atomic E-state index is 12.6. The molecule has 0 bridgehead atoms. The van der Waals surface area contributed by atoms with Crippen molar-refractivity contribution in [1.82, 2.24) is 9.80 Å². The Morgan fingerprint density at radius 3 is 2.34 bits per heavy atom. The molecule has 2 aromatic rings. The van der Waals surface area contributed by atoms with Crippen LogP contribution in [-0.4, -0.2) is 66.8 Å². The van der Waals surface area contributed by atoms with Crippen LogP contribution in [0, 0.1) is 5.92 Å². The van der Waals surface area contributed by atoms with Crippen molar-refractivity contribution in [2.24, 2.45) is 5.92 Å². The molecule has 2 aliphatic rings. The van der Waals surface area contributed by atoms with Crippen LogP contribution in [0.2, 0.25) is 10.0 Å². The fourth-order valence-corrected chi connectivity index (χ4v) is 5.44. The van der Waals surface area contributed by atoms with Crippen LogP contribution < -0.4 is 4.74 Å². The van der Waals surface area contributed by atoms with Crippen molar-refractivity contribution in [2.75, 3.05) is 39.8 Å². The summed E-state index contributed by atoms with van der Waals surface area (Å²) < 4.78 is 5.26. The van der Waals surface area contributed by atoms with Gasteiger partial charge in [-0.05, 0) is 92.1 Å². The number of amides is 1. The Balaban J connectivity index is 1.19. The second-order valence-corrected chi connectivity index (χ2v) is 10.4. The standard InChI is InChI=1S/C28H34Cl2N2O3/c1-35-24-6-4-21(5-7-24)22-10-14-31(15-11-22)19-27(33)23-12-16-32(17-13-23)28(34)9-3-20-2-8-25(29)26(30)18-20/h2-9,18,22-23,27,33H,10-17,19H2,1H3. The highest BCUT2D eigenvalue weighted by Crippen LogP contribution is 2.30. The molecule has 2 fully saturated rings. The first kappa shape index (κ1) is 26.0. The largest absolute Gasteiger partial charge is 0.497 e. The van der Waals surface area contributed by atoms with Gasteiger partial charge in [0, 0.05) is 25.7 Å². The fraction of sp³-hybridized carbons (Fsp3) is 0.464. The number of likely N-dealkylation sites (tertiary alicyclic amines) is 2. The van der Waals surface area contributed by atoms with Gasteiger partial charge in [0.05, 0.1) is 23.3 Å². The molecule has 5 nitrogen and oxygen atoms in total. The fourth-order valence-electron chi connectivity index (χ4n) is 5.13. The minimum absolute atomic E-state index is 0.00961. The maximum Gasteiger partial charge on any atom is 0.246 e. The van der Waals surface area contributed by atoms with Gasteiger partial charge in [0.15, 0.2) is 0 Å². The average molecular weight is 517 g/mol. The van der Waals surface area contributed by atoms with Gasteiger partial charge in [-0.25, -0.2) is 0 Å². The minimum atomic E-state index is -0.350. The number of nitrogens with zero attached hydrogens (tertiary/aromatic N) is 2. The molecule has 35 heavy (non-hydrogen) atoms. The van der Waals surface area contributed by atoms with E-state index in [0.717, 1.165) is 50.1 Å². The van der Waals surface area contributed by atoms with Crippen LogP contribution in [0.1, 0.15) is 42.7 Å². The quantitative estimate of drug-likeness (QED) is 0.494. The molecule has 1 unspecified atom stereocenters. The SMILES string of the molecule is COc1ccc(C2CCN(CC(O)C3CCN(C(=O)C=Cc4ccc(Cl)c(Cl)c4)CC3)CC2)cc1. The second kappa shape index (κ2) is 12.3. The molecule has 1 atom stereocenters. The van der Waals surface area contributed by atoms with E-state index in [2.05, 4.69) is 17.0 Å². The van der Waals surface area contributed by atoms with Crippen molar-refractivity contribution < 1.29 is 14.6 Å². The van der Waals surface area contributed by atoms with E-state index in [9.17, 15) is 9.90 Å². The number of aliphatic hydroxyl groups is 1. The monoisotopic (exact) mass is 516 g/mol. The van der Waals surface area contributed by atoms with Crippen molar-refractivity contribution in [1.29, 1.82) is 0 Å². The van der Waals surface area contributed by atoms with Gasteiger partial charge in [0.2, 0.25) is 5.91 Å². The second-order valence-electron chi connectivity index (χ2n) is 9.58. The Hall–Kier alpha value is -2.05. The summed E-state index contributed by atoms with van der Waals surface area (Å²) in [5.74, 6) is 1.69. The summed E-state index contributed by atoms with van der Waals surface area (Å²) in [6.07, 6.45) is 6.88. The lowest BCUT2D eigenvalue weighted by molar-refractivity contribution is -0.128. The lowest BCUT2D eigenvalue weighted by atomic mass is 9.88. The van der Waals surface area contributed by atoms with Gasteiger partial charge in [0.1, 0.15) is 5.75 Å². The van der Waals surface area contributed by atoms with Crippen molar-refractivity contribution in [3.05, 3.63) is 69.7 Å². The van der Waals surface area contributed by atoms with Crippen LogP contribution in [0.25, 0.3) is 6.08 Å². The maximum absolute atomic E-state index is 12.6. The summed E-state index contributed by atoms with van der Waals surface area (Å²) in [7, 11) is 1.69. The summed E-state index contributed by atoms with van der Waals surface area (Å²) in [4.78, 5) is 16.9. The van der Waals surface area contributed by atoms with E-state index in [-0.39, 0.29) is 17.9 Å². The van der Waals surface area contributed by atoms with Crippen molar-refractivity contribution >= 4 is 35.2 Å². The van der Waals surface area contributed by atoms with E-state index in [0.29, 0.717) is 35.6 Å². The van der Waals surface area contributed by atoms with Gasteiger partial charge < -0.3 is 19.6 Å². The molecule has 188 valence electrons. The zero-order valence-corrected chi connectivity index (χ0v) is 21.7. The van der Waals surface area contributed by atoms with Crippen LogP contribution in [0.4, 0.5) is 0 Å². The van der Waals surface area contributed by atoms with Crippen molar-refractivity contribution in [3.8, 4) is 5.75 Å². The number of ether oxygens (including phenoxy) is 1. The highest BCUT2D eigenvalue weighted by Gasteiger charge is 2.29. The van der Waals surface area contributed by atoms with E-state index in [4.69, 9.17) is 27.9 Å². The van der Waals surface area contributed by atoms with Gasteiger partial charge in [-0.2, -0.15) is 0 Å². The summed E-state index contributed by atoms with van der Waals surface area (Å²) >= 11 is 12.0. The number of hydrogen-bond donors (Lipinski definition) is 1. The zero-order chi connectivity index (χ0) is 24.8. The molecular weight excluding hydrogens is 483 g/mol. The number of halogens is 2. The molecule has 2 heterocycles. The molecule has 0 radical (unpaired) electrons. The van der Waals surface area contributed by atoms with Crippen LogP contribution >= 0.6 is 23.2 Å². The smallest absolute Gasteiger partial charge is 0.246 e. The van der Waals surface area contributed by atoms with E-state index in [1.165, 1.54) is 5.56 Å². The molecule has 1 N–H and O–H groups in total. The number of carbonyl (C=O) groups excluding carboxylic acids is 1. The Morgan fingerprint density at radius 2 is 1.71 bits per heavy atom. The number of piperidine rings is 2. The number of benzene rings is 2. The number of aliphatic hydroxyl groups excluding tert-OH is 1. The van der Waals surface area contributed by atoms with Crippen LogP contribution in [0.5, 0.6) is 5.75 Å². The third-order valence-electron chi connectivity index (χ3n) is 7.38. The zero-order valence-electron chi connectivity index (χ0n) is 20.2. The number of carbonyl (C=O) groups is 1. The number of β-amino-alcohol motifs (C(OH)–C–C–N with tert-alkyl or cyclic N) is 1. The lowest BCUT2D eigenvalue weighted by Crippen LogP contribution is -2.45. The molecule has 0 spiro atoms. The average Bonchev–Trinajstić information content (AvgIpc) is 2.89. The van der Waals surface area contributed by atoms with E-state index < -0.39 is 0 Å². The first-order chi connectivity index (χ1) is 16.9. The highest BCUT2D eigenvalue weighted by atomic mass is 35.5. The van der Waals surface area contributed by atoms with Gasteiger partial charge in [-0.3, -0.25) is 4.79 Å². The molecule has 2 saturated heterocycles. The molecule has 0 saturated carbocycles. The molecule has 2 aromatic carbocycles. The Labute approximate surface area is 218 Å². The van der Waals surface area contributed by atoms with Gasteiger partial charge >= 0.3 is 0 Å². The molecule has 0 aliphatic carbocycles. The summed E-state index contributed by atoms with van der Waals surface area (Å²) in [5.41, 5.74) is 2.21. The Bertz CT molecular complexity index is 1010. The van der Waals surface area contributed by atoms with E-state index in [1.54, 1.807) is 31.4 Å². The van der Waals surface area contributed by atoms with Crippen LogP contribution in [-0.2, 0) is 4.79 Å². The molecular formula is C28H34Cl2N2O3. The lowest BCUT2D eigenvalue weighted by Gasteiger charge is -2.38. The number of rotatable bonds is 7. The molecule has 0 aromatic heterocycles. The third-order valence-corrected chi connectivity index (χ3v) is 8.12. The van der Waals surface area contributed by atoms with Crippen molar-refractivity contribution in [3.63, 3.8) is 0 Å². The van der Waals surface area contributed by atoms with Crippen LogP contribution in [0.3, 0.4) is 0 Å². The summed E-state index contributed by atoms with van der Waals surface area (Å²) in [6, 6.07) is 13.7. The predicted molar refractivity (Wildman–Crippen MR) is 142 cm³/mol. The normalized spacial score (nSPS) is 19.3. The first-order valence-corrected chi connectivity index (χ1v) is 13.1.